The molecule has 1 N–H and O–H groups in total. The summed E-state index contributed by atoms with van der Waals surface area (Å²) in [6, 6.07) is 10.5. The number of hydrogen-bond acceptors (Lipinski definition) is 4. The van der Waals surface area contributed by atoms with Crippen LogP contribution in [0.25, 0.3) is 0 Å². The second kappa shape index (κ2) is 13.3. The summed E-state index contributed by atoms with van der Waals surface area (Å²) in [4.78, 5) is 28.0. The van der Waals surface area contributed by atoms with E-state index in [1.54, 1.807) is 43.3 Å². The van der Waals surface area contributed by atoms with Crippen LogP contribution in [0, 0.1) is 0 Å². The molecule has 0 aliphatic heterocycles. The number of hydrogen-bond donors (Lipinski definition) is 1. The third-order valence-corrected chi connectivity index (χ3v) is 7.54. The topological polar surface area (TPSA) is 86.8 Å². The van der Waals surface area contributed by atoms with Crippen molar-refractivity contribution in [2.75, 3.05) is 23.7 Å². The van der Waals surface area contributed by atoms with Crippen LogP contribution in [0.5, 0.6) is 0 Å². The number of halogens is 3. The molecule has 0 spiro atoms. The molecule has 0 saturated heterocycles. The molecule has 1 atom stereocenters. The predicted octanol–water partition coefficient (Wildman–Crippen LogP) is 5.14. The summed E-state index contributed by atoms with van der Waals surface area (Å²) < 4.78 is 26.2. The van der Waals surface area contributed by atoms with E-state index in [9.17, 15) is 18.0 Å². The lowest BCUT2D eigenvalue weighted by molar-refractivity contribution is -0.140. The van der Waals surface area contributed by atoms with Gasteiger partial charge in [0.1, 0.15) is 12.6 Å². The van der Waals surface area contributed by atoms with Gasteiger partial charge in [0.05, 0.1) is 27.0 Å². The van der Waals surface area contributed by atoms with E-state index < -0.39 is 28.5 Å². The molecule has 0 aromatic heterocycles. The minimum Gasteiger partial charge on any atom is -0.354 e. The smallest absolute Gasteiger partial charge is 0.244 e. The van der Waals surface area contributed by atoms with E-state index in [1.165, 1.54) is 11.0 Å². The average molecular weight is 563 g/mol. The molecule has 2 rings (SSSR count). The maximum absolute atomic E-state index is 13.6. The van der Waals surface area contributed by atoms with Crippen molar-refractivity contribution in [3.05, 3.63) is 63.1 Å². The van der Waals surface area contributed by atoms with Crippen LogP contribution in [0.2, 0.25) is 15.1 Å². The van der Waals surface area contributed by atoms with Gasteiger partial charge in [-0.15, -0.1) is 0 Å². The highest BCUT2D eigenvalue weighted by Crippen LogP contribution is 2.28. The zero-order valence-electron chi connectivity index (χ0n) is 19.9. The molecule has 0 heterocycles. The maximum Gasteiger partial charge on any atom is 0.244 e. The van der Waals surface area contributed by atoms with E-state index in [0.717, 1.165) is 23.4 Å². The van der Waals surface area contributed by atoms with Crippen LogP contribution in [0.3, 0.4) is 0 Å². The third kappa shape index (κ3) is 8.27. The van der Waals surface area contributed by atoms with Crippen molar-refractivity contribution in [2.45, 2.75) is 45.7 Å². The quantitative estimate of drug-likeness (QED) is 0.363. The minimum absolute atomic E-state index is 0.0373. The standard InChI is InChI=1S/C24H30Cl3N3O4S/c1-4-6-13-28-24(32)21(5-2)29(15-17-11-12-18(25)20(27)14-17)23(31)16-30(35(3,33)34)22-10-8-7-9-19(22)26/h7-12,14,21H,4-6,13,15-16H2,1-3H3,(H,28,32)/t21-/m1/s1. The highest BCUT2D eigenvalue weighted by molar-refractivity contribution is 7.92. The van der Waals surface area contributed by atoms with Gasteiger partial charge in [-0.05, 0) is 42.7 Å². The van der Waals surface area contributed by atoms with E-state index in [0.29, 0.717) is 28.6 Å². The Hall–Kier alpha value is -2.00. The van der Waals surface area contributed by atoms with Gasteiger partial charge in [-0.3, -0.25) is 13.9 Å². The molecule has 0 aliphatic rings. The zero-order chi connectivity index (χ0) is 26.2. The monoisotopic (exact) mass is 561 g/mol. The number of nitrogens with zero attached hydrogens (tertiary/aromatic N) is 2. The molecule has 2 aromatic carbocycles. The Morgan fingerprint density at radius 2 is 1.69 bits per heavy atom. The number of nitrogens with one attached hydrogen (secondary N) is 1. The van der Waals surface area contributed by atoms with Gasteiger partial charge >= 0.3 is 0 Å². The predicted molar refractivity (Wildman–Crippen MR) is 143 cm³/mol. The second-order valence-electron chi connectivity index (χ2n) is 8.06. The van der Waals surface area contributed by atoms with Crippen molar-refractivity contribution in [1.82, 2.24) is 10.2 Å². The molecule has 0 aliphatic carbocycles. The lowest BCUT2D eigenvalue weighted by Crippen LogP contribution is -2.52. The first-order valence-electron chi connectivity index (χ1n) is 11.2. The molecule has 0 unspecified atom stereocenters. The number of amides is 2. The number of carbonyl (C=O) groups excluding carboxylic acids is 2. The molecular weight excluding hydrogens is 533 g/mol. The molecule has 7 nitrogen and oxygen atoms in total. The fourth-order valence-electron chi connectivity index (χ4n) is 3.51. The number of sulfonamides is 1. The van der Waals surface area contributed by atoms with E-state index in [1.807, 2.05) is 6.92 Å². The van der Waals surface area contributed by atoms with Crippen molar-refractivity contribution < 1.29 is 18.0 Å². The van der Waals surface area contributed by atoms with Crippen molar-refractivity contribution in [1.29, 1.82) is 0 Å². The molecule has 0 fully saturated rings. The Morgan fingerprint density at radius 1 is 1.00 bits per heavy atom. The number of para-hydroxylation sites is 1. The van der Waals surface area contributed by atoms with Crippen molar-refractivity contribution in [3.8, 4) is 0 Å². The van der Waals surface area contributed by atoms with Crippen molar-refractivity contribution >= 4 is 62.3 Å². The summed E-state index contributed by atoms with van der Waals surface area (Å²) in [6.45, 7) is 3.80. The van der Waals surface area contributed by atoms with Crippen molar-refractivity contribution in [2.24, 2.45) is 0 Å². The first kappa shape index (κ1) is 29.2. The Bertz CT molecular complexity index is 1140. The van der Waals surface area contributed by atoms with Gasteiger partial charge in [0.15, 0.2) is 0 Å². The molecule has 192 valence electrons. The molecule has 11 heteroatoms. The Morgan fingerprint density at radius 3 is 2.26 bits per heavy atom. The summed E-state index contributed by atoms with van der Waals surface area (Å²) in [5.41, 5.74) is 0.830. The fraction of sp³-hybridized carbons (Fsp3) is 0.417. The molecule has 0 bridgehead atoms. The first-order valence-corrected chi connectivity index (χ1v) is 14.2. The second-order valence-corrected chi connectivity index (χ2v) is 11.2. The van der Waals surface area contributed by atoms with Crippen LogP contribution in [-0.4, -0.2) is 50.5 Å². The van der Waals surface area contributed by atoms with Gasteiger partial charge in [-0.1, -0.05) is 73.3 Å². The number of rotatable bonds is 12. The van der Waals surface area contributed by atoms with Crippen LogP contribution in [0.15, 0.2) is 42.5 Å². The molecule has 2 amide bonds. The van der Waals surface area contributed by atoms with Gasteiger partial charge in [0, 0.05) is 13.1 Å². The van der Waals surface area contributed by atoms with Crippen LogP contribution < -0.4 is 9.62 Å². The highest BCUT2D eigenvalue weighted by Gasteiger charge is 2.32. The van der Waals surface area contributed by atoms with Crippen LogP contribution in [0.1, 0.15) is 38.7 Å². The minimum atomic E-state index is -3.86. The van der Waals surface area contributed by atoms with Crippen LogP contribution in [-0.2, 0) is 26.2 Å². The van der Waals surface area contributed by atoms with Gasteiger partial charge < -0.3 is 10.2 Å². The number of anilines is 1. The van der Waals surface area contributed by atoms with E-state index >= 15 is 0 Å². The molecule has 0 saturated carbocycles. The Balaban J connectivity index is 2.44. The van der Waals surface area contributed by atoms with E-state index in [4.69, 9.17) is 34.8 Å². The summed E-state index contributed by atoms with van der Waals surface area (Å²) >= 11 is 18.4. The number of benzene rings is 2. The summed E-state index contributed by atoms with van der Waals surface area (Å²) in [6.07, 6.45) is 3.04. The highest BCUT2D eigenvalue weighted by atomic mass is 35.5. The average Bonchev–Trinajstić information content (AvgIpc) is 2.79. The Labute approximate surface area is 222 Å². The molecule has 0 radical (unpaired) electrons. The summed E-state index contributed by atoms with van der Waals surface area (Å²) in [7, 11) is -3.86. The normalized spacial score (nSPS) is 12.2. The van der Waals surface area contributed by atoms with E-state index in [-0.39, 0.29) is 23.2 Å². The van der Waals surface area contributed by atoms with Gasteiger partial charge in [0.2, 0.25) is 21.8 Å². The van der Waals surface area contributed by atoms with Crippen LogP contribution in [0.4, 0.5) is 5.69 Å². The fourth-order valence-corrected chi connectivity index (χ4v) is 4.98. The largest absolute Gasteiger partial charge is 0.354 e. The van der Waals surface area contributed by atoms with Crippen molar-refractivity contribution in [3.63, 3.8) is 0 Å². The maximum atomic E-state index is 13.6. The summed E-state index contributed by atoms with van der Waals surface area (Å²) in [5.74, 6) is -0.864. The third-order valence-electron chi connectivity index (χ3n) is 5.35. The lowest BCUT2D eigenvalue weighted by Gasteiger charge is -2.33. The summed E-state index contributed by atoms with van der Waals surface area (Å²) in [5, 5.41) is 3.73. The SMILES string of the molecule is CCCCNC(=O)[C@@H](CC)N(Cc1ccc(Cl)c(Cl)c1)C(=O)CN(c1ccccc1Cl)S(C)(=O)=O. The van der Waals surface area contributed by atoms with Gasteiger partial charge in [-0.25, -0.2) is 8.42 Å². The zero-order valence-corrected chi connectivity index (χ0v) is 23.0. The Kier molecular flexibility index (Phi) is 11.1. The van der Waals surface area contributed by atoms with Gasteiger partial charge in [0.25, 0.3) is 0 Å². The number of unbranched alkanes of at least 4 members (excludes halogenated alkanes) is 1. The number of carbonyl (C=O) groups is 2. The molecule has 35 heavy (non-hydrogen) atoms. The van der Waals surface area contributed by atoms with Gasteiger partial charge in [-0.2, -0.15) is 0 Å². The van der Waals surface area contributed by atoms with Crippen LogP contribution >= 0.6 is 34.8 Å². The lowest BCUT2D eigenvalue weighted by atomic mass is 10.1. The van der Waals surface area contributed by atoms with E-state index in [2.05, 4.69) is 5.32 Å². The molecular formula is C24H30Cl3N3O4S. The first-order chi connectivity index (χ1) is 16.5. The molecule has 2 aromatic rings.